The van der Waals surface area contributed by atoms with Crippen LogP contribution >= 0.6 is 11.3 Å². The molecule has 1 fully saturated rings. The molecule has 23 heavy (non-hydrogen) atoms. The minimum Gasteiger partial charge on any atom is -0.357 e. The van der Waals surface area contributed by atoms with Crippen LogP contribution in [0.5, 0.6) is 0 Å². The van der Waals surface area contributed by atoms with Gasteiger partial charge in [0.05, 0.1) is 6.54 Å². The third-order valence-electron chi connectivity index (χ3n) is 4.55. The maximum Gasteiger partial charge on any atom is 0.191 e. The third kappa shape index (κ3) is 5.50. The fourth-order valence-corrected chi connectivity index (χ4v) is 3.43. The molecule has 0 bridgehead atoms. The highest BCUT2D eigenvalue weighted by molar-refractivity contribution is 7.10. The van der Waals surface area contributed by atoms with Crippen molar-refractivity contribution in [3.8, 4) is 0 Å². The molecule has 0 aliphatic heterocycles. The Balaban J connectivity index is 1.89. The lowest BCUT2D eigenvalue weighted by Gasteiger charge is -2.26. The average Bonchev–Trinajstić information content (AvgIpc) is 3.22. The second-order valence-corrected chi connectivity index (χ2v) is 8.13. The molecule has 0 amide bonds. The minimum atomic E-state index is 0.0763. The van der Waals surface area contributed by atoms with E-state index in [0.29, 0.717) is 6.04 Å². The molecule has 1 atom stereocenters. The Bertz CT molecular complexity index is 491. The van der Waals surface area contributed by atoms with E-state index >= 15 is 0 Å². The summed E-state index contributed by atoms with van der Waals surface area (Å²) in [5.41, 5.74) is 0.0763. The topological polar surface area (TPSA) is 39.7 Å². The Morgan fingerprint density at radius 2 is 2.17 bits per heavy atom. The Kier molecular flexibility index (Phi) is 6.48. The molecule has 1 saturated carbocycles. The van der Waals surface area contributed by atoms with Gasteiger partial charge in [-0.25, -0.2) is 0 Å². The van der Waals surface area contributed by atoms with Gasteiger partial charge < -0.3 is 10.6 Å². The molecule has 0 saturated heterocycles. The van der Waals surface area contributed by atoms with Crippen LogP contribution in [0.15, 0.2) is 22.5 Å². The van der Waals surface area contributed by atoms with E-state index in [-0.39, 0.29) is 5.41 Å². The number of likely N-dealkylation sites (N-methyl/N-ethyl adjacent to an activating group) is 1. The quantitative estimate of drug-likeness (QED) is 0.566. The van der Waals surface area contributed by atoms with Crippen LogP contribution in [-0.2, 0) is 5.41 Å². The first kappa shape index (κ1) is 18.3. The largest absolute Gasteiger partial charge is 0.357 e. The lowest BCUT2D eigenvalue weighted by atomic mass is 9.92. The lowest BCUT2D eigenvalue weighted by molar-refractivity contribution is 0.247. The molecule has 4 nitrogen and oxygen atoms in total. The van der Waals surface area contributed by atoms with Crippen molar-refractivity contribution in [3.63, 3.8) is 0 Å². The van der Waals surface area contributed by atoms with Gasteiger partial charge in [-0.05, 0) is 45.2 Å². The summed E-state index contributed by atoms with van der Waals surface area (Å²) >= 11 is 1.81. The Morgan fingerprint density at radius 1 is 1.43 bits per heavy atom. The van der Waals surface area contributed by atoms with Gasteiger partial charge in [-0.2, -0.15) is 0 Å². The van der Waals surface area contributed by atoms with Crippen LogP contribution < -0.4 is 10.6 Å². The first-order valence-corrected chi connectivity index (χ1v) is 9.60. The van der Waals surface area contributed by atoms with Crippen LogP contribution in [0.4, 0.5) is 0 Å². The molecule has 2 N–H and O–H groups in total. The van der Waals surface area contributed by atoms with E-state index in [2.05, 4.69) is 67.8 Å². The van der Waals surface area contributed by atoms with E-state index in [1.807, 2.05) is 11.3 Å². The Morgan fingerprint density at radius 3 is 2.74 bits per heavy atom. The zero-order chi connectivity index (χ0) is 16.9. The number of nitrogens with one attached hydrogen (secondary N) is 2. The Hall–Kier alpha value is -1.07. The Labute approximate surface area is 145 Å². The molecular weight excluding hydrogens is 304 g/mol. The maximum absolute atomic E-state index is 4.82. The first-order valence-electron chi connectivity index (χ1n) is 8.72. The number of aliphatic imine (C=N–C) groups is 1. The van der Waals surface area contributed by atoms with Gasteiger partial charge in [0, 0.05) is 35.5 Å². The van der Waals surface area contributed by atoms with Crippen LogP contribution in [-0.4, -0.2) is 49.6 Å². The van der Waals surface area contributed by atoms with Crippen LogP contribution in [0.3, 0.4) is 0 Å². The summed E-state index contributed by atoms with van der Waals surface area (Å²) in [5.74, 6) is 0.924. The number of hydrogen-bond donors (Lipinski definition) is 2. The van der Waals surface area contributed by atoms with Gasteiger partial charge in [-0.1, -0.05) is 19.9 Å². The molecule has 2 rings (SSSR count). The number of thiophene rings is 1. The van der Waals surface area contributed by atoms with Crippen LogP contribution in [0.1, 0.15) is 45.4 Å². The van der Waals surface area contributed by atoms with Crippen molar-refractivity contribution >= 4 is 17.3 Å². The lowest BCUT2D eigenvalue weighted by Crippen LogP contribution is -2.45. The summed E-state index contributed by atoms with van der Waals surface area (Å²) in [4.78, 5) is 8.68. The van der Waals surface area contributed by atoms with Gasteiger partial charge in [0.2, 0.25) is 0 Å². The standard InChI is InChI=1S/C18H32N4S/c1-6-19-17(20-12-14(2)22(5)15-9-10-15)21-13-18(3,4)16-8-7-11-23-16/h7-8,11,14-15H,6,9-10,12-13H2,1-5H3,(H2,19,20,21). The predicted octanol–water partition coefficient (Wildman–Crippen LogP) is 3.06. The molecule has 1 heterocycles. The molecule has 5 heteroatoms. The molecule has 0 aromatic carbocycles. The van der Waals surface area contributed by atoms with E-state index in [0.717, 1.165) is 31.6 Å². The molecule has 1 unspecified atom stereocenters. The third-order valence-corrected chi connectivity index (χ3v) is 5.78. The monoisotopic (exact) mass is 336 g/mol. The molecule has 0 spiro atoms. The summed E-state index contributed by atoms with van der Waals surface area (Å²) in [6.45, 7) is 11.5. The summed E-state index contributed by atoms with van der Waals surface area (Å²) in [5, 5.41) is 9.00. The summed E-state index contributed by atoms with van der Waals surface area (Å²) in [7, 11) is 2.23. The van der Waals surface area contributed by atoms with Crippen LogP contribution in [0.25, 0.3) is 0 Å². The van der Waals surface area contributed by atoms with Crippen molar-refractivity contribution in [1.82, 2.24) is 15.5 Å². The molecule has 1 aliphatic rings. The highest BCUT2D eigenvalue weighted by Gasteiger charge is 2.29. The number of hydrogen-bond acceptors (Lipinski definition) is 3. The average molecular weight is 337 g/mol. The fourth-order valence-electron chi connectivity index (χ4n) is 2.59. The van der Waals surface area contributed by atoms with Crippen molar-refractivity contribution in [3.05, 3.63) is 22.4 Å². The summed E-state index contributed by atoms with van der Waals surface area (Å²) in [6, 6.07) is 5.64. The van der Waals surface area contributed by atoms with Gasteiger partial charge >= 0.3 is 0 Å². The second kappa shape index (κ2) is 8.15. The van der Waals surface area contributed by atoms with E-state index in [1.54, 1.807) is 0 Å². The predicted molar refractivity (Wildman–Crippen MR) is 102 cm³/mol. The maximum atomic E-state index is 4.82. The van der Waals surface area contributed by atoms with Gasteiger partial charge in [-0.3, -0.25) is 9.89 Å². The molecule has 1 aliphatic carbocycles. The van der Waals surface area contributed by atoms with Crippen LogP contribution in [0, 0.1) is 0 Å². The minimum absolute atomic E-state index is 0.0763. The van der Waals surface area contributed by atoms with Gasteiger partial charge in [-0.15, -0.1) is 11.3 Å². The number of guanidine groups is 1. The SMILES string of the molecule is CCNC(=NCC(C)(C)c1cccs1)NCC(C)N(C)C1CC1. The smallest absolute Gasteiger partial charge is 0.191 e. The molecular formula is C18H32N4S. The molecule has 1 aromatic rings. The molecule has 1 aromatic heterocycles. The van der Waals surface area contributed by atoms with E-state index in [1.165, 1.54) is 17.7 Å². The second-order valence-electron chi connectivity index (χ2n) is 7.18. The number of rotatable bonds is 8. The van der Waals surface area contributed by atoms with Gasteiger partial charge in [0.15, 0.2) is 5.96 Å². The highest BCUT2D eigenvalue weighted by Crippen LogP contribution is 2.28. The zero-order valence-electron chi connectivity index (χ0n) is 15.2. The van der Waals surface area contributed by atoms with E-state index < -0.39 is 0 Å². The van der Waals surface area contributed by atoms with Crippen molar-refractivity contribution in [1.29, 1.82) is 0 Å². The van der Waals surface area contributed by atoms with Crippen molar-refractivity contribution < 1.29 is 0 Å². The van der Waals surface area contributed by atoms with Crippen LogP contribution in [0.2, 0.25) is 0 Å². The zero-order valence-corrected chi connectivity index (χ0v) is 16.0. The van der Waals surface area contributed by atoms with Crippen molar-refractivity contribution in [2.75, 3.05) is 26.7 Å². The number of nitrogens with zero attached hydrogens (tertiary/aromatic N) is 2. The summed E-state index contributed by atoms with van der Waals surface area (Å²) < 4.78 is 0. The van der Waals surface area contributed by atoms with Gasteiger partial charge in [0.1, 0.15) is 0 Å². The highest BCUT2D eigenvalue weighted by atomic mass is 32.1. The first-order chi connectivity index (χ1) is 10.9. The van der Waals surface area contributed by atoms with Crippen molar-refractivity contribution in [2.24, 2.45) is 4.99 Å². The van der Waals surface area contributed by atoms with Crippen molar-refractivity contribution in [2.45, 2.75) is 58.0 Å². The molecule has 0 radical (unpaired) electrons. The molecule has 130 valence electrons. The van der Waals surface area contributed by atoms with E-state index in [9.17, 15) is 0 Å². The summed E-state index contributed by atoms with van der Waals surface area (Å²) in [6.07, 6.45) is 2.70. The fraction of sp³-hybridized carbons (Fsp3) is 0.722. The van der Waals surface area contributed by atoms with E-state index in [4.69, 9.17) is 4.99 Å². The van der Waals surface area contributed by atoms with Gasteiger partial charge in [0.25, 0.3) is 0 Å². The normalized spacial score (nSPS) is 17.4.